The molecule has 0 unspecified atom stereocenters. The number of carbonyl (C=O) groups excluding carboxylic acids is 2. The molecule has 162 valence electrons. The number of methoxy groups -OCH3 is 2. The number of hydrogen-bond acceptors (Lipinski definition) is 7. The third-order valence-corrected chi connectivity index (χ3v) is 5.14. The largest absolute Gasteiger partial charge is 0.502 e. The highest BCUT2D eigenvalue weighted by molar-refractivity contribution is 5.93. The van der Waals surface area contributed by atoms with E-state index in [2.05, 4.69) is 13.8 Å². The third-order valence-electron chi connectivity index (χ3n) is 5.14. The number of benzene rings is 1. The molecule has 1 heterocycles. The Hall–Kier alpha value is -2.44. The van der Waals surface area contributed by atoms with Crippen LogP contribution in [0.3, 0.4) is 0 Å². The zero-order valence-electron chi connectivity index (χ0n) is 17.8. The van der Waals surface area contributed by atoms with Gasteiger partial charge in [0.2, 0.25) is 5.75 Å². The number of hydrogen-bond donors (Lipinski definition) is 1. The molecular weight excluding hydrogens is 376 g/mol. The predicted octanol–water partition coefficient (Wildman–Crippen LogP) is 4.37. The maximum absolute atomic E-state index is 12.2. The van der Waals surface area contributed by atoms with Gasteiger partial charge < -0.3 is 24.1 Å². The summed E-state index contributed by atoms with van der Waals surface area (Å²) in [6, 6.07) is 1.59. The van der Waals surface area contributed by atoms with Crippen molar-refractivity contribution in [1.29, 1.82) is 0 Å². The van der Waals surface area contributed by atoms with Gasteiger partial charge in [0.15, 0.2) is 11.5 Å². The maximum atomic E-state index is 12.2. The van der Waals surface area contributed by atoms with Crippen LogP contribution < -0.4 is 9.47 Å². The van der Waals surface area contributed by atoms with Crippen LogP contribution in [-0.2, 0) is 31.3 Å². The van der Waals surface area contributed by atoms with Crippen molar-refractivity contribution in [1.82, 2.24) is 0 Å². The smallest absolute Gasteiger partial charge is 0.320 e. The summed E-state index contributed by atoms with van der Waals surface area (Å²) in [5.41, 5.74) is 1.16. The maximum Gasteiger partial charge on any atom is 0.320 e. The number of rotatable bonds is 11. The lowest BCUT2D eigenvalue weighted by molar-refractivity contribution is -0.252. The van der Waals surface area contributed by atoms with Crippen molar-refractivity contribution in [2.24, 2.45) is 0 Å². The molecule has 7 heteroatoms. The summed E-state index contributed by atoms with van der Waals surface area (Å²) in [6.07, 6.45) is 5.91. The van der Waals surface area contributed by atoms with Crippen LogP contribution >= 0.6 is 0 Å². The van der Waals surface area contributed by atoms with Gasteiger partial charge in [-0.2, -0.15) is 0 Å². The molecule has 0 radical (unpaired) electrons. The predicted molar refractivity (Wildman–Crippen MR) is 107 cm³/mol. The normalized spacial score (nSPS) is 15.6. The Kier molecular flexibility index (Phi) is 8.17. The quantitative estimate of drug-likeness (QED) is 0.330. The summed E-state index contributed by atoms with van der Waals surface area (Å²) < 4.78 is 22.2. The second-order valence-corrected chi connectivity index (χ2v) is 7.28. The van der Waals surface area contributed by atoms with Gasteiger partial charge in [-0.25, -0.2) is 0 Å². The van der Waals surface area contributed by atoms with E-state index in [0.29, 0.717) is 30.4 Å². The first-order chi connectivity index (χ1) is 13.9. The molecule has 1 aromatic carbocycles. The van der Waals surface area contributed by atoms with Gasteiger partial charge in [-0.3, -0.25) is 9.59 Å². The van der Waals surface area contributed by atoms with Crippen molar-refractivity contribution in [3.8, 4) is 17.2 Å². The minimum atomic E-state index is -1.54. The van der Waals surface area contributed by atoms with E-state index in [1.807, 2.05) is 0 Å². The van der Waals surface area contributed by atoms with E-state index < -0.39 is 24.1 Å². The van der Waals surface area contributed by atoms with Crippen LogP contribution in [0.1, 0.15) is 76.3 Å². The van der Waals surface area contributed by atoms with Crippen molar-refractivity contribution in [2.45, 2.75) is 77.4 Å². The average Bonchev–Trinajstić information content (AvgIpc) is 2.67. The summed E-state index contributed by atoms with van der Waals surface area (Å²) in [5, 5.41) is 10.6. The molecule has 1 aliphatic rings. The van der Waals surface area contributed by atoms with Crippen LogP contribution in [0.25, 0.3) is 0 Å². The number of phenols is 1. The van der Waals surface area contributed by atoms with Gasteiger partial charge in [-0.1, -0.05) is 39.5 Å². The van der Waals surface area contributed by atoms with Crippen molar-refractivity contribution >= 4 is 11.9 Å². The van der Waals surface area contributed by atoms with E-state index in [-0.39, 0.29) is 17.2 Å². The topological polar surface area (TPSA) is 91.3 Å². The molecule has 0 bridgehead atoms. The number of ether oxygens (including phenoxy) is 4. The Bertz CT molecular complexity index is 710. The number of unbranched alkanes of at least 4 members (excludes halogenated alkanes) is 4. The van der Waals surface area contributed by atoms with Crippen molar-refractivity contribution in [3.05, 3.63) is 17.2 Å². The number of carbonyl (C=O) groups is 2. The van der Waals surface area contributed by atoms with Gasteiger partial charge in [0.1, 0.15) is 6.42 Å². The van der Waals surface area contributed by atoms with Gasteiger partial charge in [0.05, 0.1) is 14.2 Å². The summed E-state index contributed by atoms with van der Waals surface area (Å²) in [6.45, 7) is 4.16. The Balaban J connectivity index is 2.65. The van der Waals surface area contributed by atoms with Crippen LogP contribution in [0.2, 0.25) is 0 Å². The first kappa shape index (κ1) is 22.8. The fourth-order valence-corrected chi connectivity index (χ4v) is 3.71. The SMILES string of the molecule is CCCCCc1c(C2(CCCCC)OC(=O)CC(=O)O2)cc(OC)c(O)c1OC. The first-order valence-electron chi connectivity index (χ1n) is 10.3. The molecule has 0 saturated carbocycles. The van der Waals surface area contributed by atoms with E-state index in [1.165, 1.54) is 14.2 Å². The monoisotopic (exact) mass is 408 g/mol. The molecule has 7 nitrogen and oxygen atoms in total. The Morgan fingerprint density at radius 3 is 2.17 bits per heavy atom. The molecule has 0 spiro atoms. The molecule has 2 rings (SSSR count). The second kappa shape index (κ2) is 10.4. The Labute approximate surface area is 172 Å². The van der Waals surface area contributed by atoms with E-state index >= 15 is 0 Å². The minimum absolute atomic E-state index is 0.123. The molecule has 1 aliphatic heterocycles. The molecule has 29 heavy (non-hydrogen) atoms. The van der Waals surface area contributed by atoms with E-state index in [9.17, 15) is 14.7 Å². The van der Waals surface area contributed by atoms with Gasteiger partial charge in [0.25, 0.3) is 5.79 Å². The third kappa shape index (κ3) is 5.14. The zero-order valence-corrected chi connectivity index (χ0v) is 17.8. The number of esters is 2. The molecule has 1 saturated heterocycles. The van der Waals surface area contributed by atoms with Crippen LogP contribution in [0.15, 0.2) is 6.07 Å². The van der Waals surface area contributed by atoms with E-state index in [1.54, 1.807) is 6.07 Å². The number of aromatic hydroxyl groups is 1. The minimum Gasteiger partial charge on any atom is -0.502 e. The summed E-state index contributed by atoms with van der Waals surface area (Å²) in [4.78, 5) is 24.4. The molecule has 1 fully saturated rings. The zero-order chi connectivity index (χ0) is 21.4. The van der Waals surface area contributed by atoms with Crippen molar-refractivity contribution in [3.63, 3.8) is 0 Å². The van der Waals surface area contributed by atoms with Crippen LogP contribution in [0.4, 0.5) is 0 Å². The van der Waals surface area contributed by atoms with Gasteiger partial charge in [-0.05, 0) is 25.3 Å². The fraction of sp³-hybridized carbons (Fsp3) is 0.636. The average molecular weight is 408 g/mol. The lowest BCUT2D eigenvalue weighted by Crippen LogP contribution is -2.43. The Morgan fingerprint density at radius 1 is 1.00 bits per heavy atom. The van der Waals surface area contributed by atoms with Gasteiger partial charge >= 0.3 is 11.9 Å². The Morgan fingerprint density at radius 2 is 1.62 bits per heavy atom. The van der Waals surface area contributed by atoms with Crippen LogP contribution in [0, 0.1) is 0 Å². The first-order valence-corrected chi connectivity index (χ1v) is 10.3. The molecule has 0 atom stereocenters. The summed E-state index contributed by atoms with van der Waals surface area (Å²) in [5.74, 6) is -2.49. The number of phenolic OH excluding ortho intramolecular Hbond substituents is 1. The molecule has 0 aliphatic carbocycles. The van der Waals surface area contributed by atoms with E-state index in [0.717, 1.165) is 32.1 Å². The van der Waals surface area contributed by atoms with Crippen molar-refractivity contribution in [2.75, 3.05) is 14.2 Å². The van der Waals surface area contributed by atoms with Crippen LogP contribution in [0.5, 0.6) is 17.2 Å². The molecule has 0 aromatic heterocycles. The second-order valence-electron chi connectivity index (χ2n) is 7.28. The fourth-order valence-electron chi connectivity index (χ4n) is 3.71. The molecular formula is C22H32O7. The highest BCUT2D eigenvalue weighted by Gasteiger charge is 2.47. The number of cyclic esters (lactones) is 2. The standard InChI is InChI=1S/C22H32O7/c1-5-7-9-11-15-16(13-17(26-3)20(25)21(15)27-4)22(12-10-8-6-2)28-18(23)14-19(24)29-22/h13,25H,5-12,14H2,1-4H3. The summed E-state index contributed by atoms with van der Waals surface area (Å²) >= 11 is 0. The highest BCUT2D eigenvalue weighted by Crippen LogP contribution is 2.48. The van der Waals surface area contributed by atoms with Crippen molar-refractivity contribution < 1.29 is 33.6 Å². The molecule has 1 N–H and O–H groups in total. The summed E-state index contributed by atoms with van der Waals surface area (Å²) in [7, 11) is 2.89. The van der Waals surface area contributed by atoms with Crippen LogP contribution in [-0.4, -0.2) is 31.3 Å². The molecule has 0 amide bonds. The van der Waals surface area contributed by atoms with E-state index in [4.69, 9.17) is 18.9 Å². The lowest BCUT2D eigenvalue weighted by Gasteiger charge is -2.38. The van der Waals surface area contributed by atoms with Gasteiger partial charge in [-0.15, -0.1) is 0 Å². The lowest BCUT2D eigenvalue weighted by atomic mass is 9.89. The van der Waals surface area contributed by atoms with Gasteiger partial charge in [0, 0.05) is 17.5 Å². The molecule has 1 aromatic rings. The highest BCUT2D eigenvalue weighted by atomic mass is 16.7.